The summed E-state index contributed by atoms with van der Waals surface area (Å²) < 4.78 is 13.8. The van der Waals surface area contributed by atoms with Crippen LogP contribution in [0, 0.1) is 5.82 Å². The quantitative estimate of drug-likeness (QED) is 0.851. The average Bonchev–Trinajstić information content (AvgIpc) is 2.27. The summed E-state index contributed by atoms with van der Waals surface area (Å²) in [6.45, 7) is 6.13. The van der Waals surface area contributed by atoms with Gasteiger partial charge in [-0.15, -0.1) is 0 Å². The fourth-order valence-corrected chi connectivity index (χ4v) is 2.13. The molecule has 0 aliphatic rings. The van der Waals surface area contributed by atoms with Gasteiger partial charge in [-0.1, -0.05) is 19.4 Å². The Balaban J connectivity index is 3.08. The lowest BCUT2D eigenvalue weighted by atomic mass is 10.0. The minimum Gasteiger partial charge on any atom is -0.372 e. The Bertz CT molecular complexity index is 363. The number of nitrogens with zero attached hydrogens (tertiary/aromatic N) is 1. The molecule has 2 unspecified atom stereocenters. The van der Waals surface area contributed by atoms with Crippen LogP contribution in [0.2, 0.25) is 0 Å². The van der Waals surface area contributed by atoms with E-state index in [1.807, 2.05) is 20.0 Å². The fraction of sp³-hybridized carbons (Fsp3) is 0.571. The van der Waals surface area contributed by atoms with E-state index >= 15 is 0 Å². The molecular weight excluding hydrogens is 215 g/mol. The summed E-state index contributed by atoms with van der Waals surface area (Å²) in [6.07, 6.45) is 2.21. The highest BCUT2D eigenvalue weighted by Gasteiger charge is 2.18. The Morgan fingerprint density at radius 3 is 2.53 bits per heavy atom. The zero-order valence-corrected chi connectivity index (χ0v) is 11.2. The van der Waals surface area contributed by atoms with Crippen molar-refractivity contribution in [3.63, 3.8) is 0 Å². The molecule has 96 valence electrons. The summed E-state index contributed by atoms with van der Waals surface area (Å²) in [5.41, 5.74) is 7.37. The van der Waals surface area contributed by atoms with Gasteiger partial charge >= 0.3 is 0 Å². The second-order valence-corrected chi connectivity index (χ2v) is 4.71. The monoisotopic (exact) mass is 238 g/mol. The van der Waals surface area contributed by atoms with Crippen molar-refractivity contribution < 1.29 is 4.39 Å². The zero-order valence-electron chi connectivity index (χ0n) is 11.2. The molecule has 0 radical (unpaired) electrons. The molecule has 0 aliphatic carbocycles. The number of anilines is 1. The second kappa shape index (κ2) is 6.01. The van der Waals surface area contributed by atoms with E-state index in [-0.39, 0.29) is 11.9 Å². The van der Waals surface area contributed by atoms with Gasteiger partial charge in [0.15, 0.2) is 0 Å². The van der Waals surface area contributed by atoms with Crippen molar-refractivity contribution in [2.45, 2.75) is 45.7 Å². The van der Waals surface area contributed by atoms with Crippen LogP contribution in [-0.4, -0.2) is 13.1 Å². The Hall–Kier alpha value is -1.09. The molecule has 3 heteroatoms. The van der Waals surface area contributed by atoms with Crippen molar-refractivity contribution in [1.29, 1.82) is 0 Å². The minimum atomic E-state index is -0.289. The summed E-state index contributed by atoms with van der Waals surface area (Å²) in [5, 5.41) is 0. The molecule has 0 spiro atoms. The van der Waals surface area contributed by atoms with Crippen molar-refractivity contribution in [1.82, 2.24) is 0 Å². The molecule has 0 saturated heterocycles. The Labute approximate surface area is 104 Å². The third-order valence-corrected chi connectivity index (χ3v) is 3.23. The molecule has 0 aliphatic heterocycles. The second-order valence-electron chi connectivity index (χ2n) is 4.71. The first-order chi connectivity index (χ1) is 7.99. The molecule has 2 atom stereocenters. The predicted octanol–water partition coefficient (Wildman–Crippen LogP) is 3.47. The van der Waals surface area contributed by atoms with Crippen molar-refractivity contribution in [3.8, 4) is 0 Å². The first kappa shape index (κ1) is 14.0. The van der Waals surface area contributed by atoms with E-state index in [1.54, 1.807) is 6.07 Å². The van der Waals surface area contributed by atoms with Gasteiger partial charge in [-0.3, -0.25) is 0 Å². The smallest absolute Gasteiger partial charge is 0.130 e. The number of nitrogens with two attached hydrogens (primary N) is 1. The molecule has 17 heavy (non-hydrogen) atoms. The van der Waals surface area contributed by atoms with Crippen LogP contribution < -0.4 is 10.6 Å². The molecule has 0 saturated carbocycles. The Kier molecular flexibility index (Phi) is 4.94. The van der Waals surface area contributed by atoms with Gasteiger partial charge in [-0.05, 0) is 32.4 Å². The van der Waals surface area contributed by atoms with E-state index in [2.05, 4.69) is 18.7 Å². The molecule has 0 aromatic heterocycles. The predicted molar refractivity (Wildman–Crippen MR) is 71.8 cm³/mol. The lowest BCUT2D eigenvalue weighted by Gasteiger charge is -2.30. The molecule has 0 amide bonds. The average molecular weight is 238 g/mol. The van der Waals surface area contributed by atoms with Crippen molar-refractivity contribution in [2.24, 2.45) is 5.73 Å². The molecule has 0 fully saturated rings. The van der Waals surface area contributed by atoms with E-state index < -0.39 is 0 Å². The highest BCUT2D eigenvalue weighted by atomic mass is 19.1. The lowest BCUT2D eigenvalue weighted by Crippen LogP contribution is -2.30. The summed E-state index contributed by atoms with van der Waals surface area (Å²) in [7, 11) is 2.00. The summed E-state index contributed by atoms with van der Waals surface area (Å²) in [4.78, 5) is 2.12. The van der Waals surface area contributed by atoms with Crippen LogP contribution in [0.15, 0.2) is 18.2 Å². The molecule has 2 nitrogen and oxygen atoms in total. The van der Waals surface area contributed by atoms with Gasteiger partial charge in [0.05, 0.1) is 0 Å². The van der Waals surface area contributed by atoms with Gasteiger partial charge in [0.2, 0.25) is 0 Å². The van der Waals surface area contributed by atoms with Gasteiger partial charge in [-0.25, -0.2) is 4.39 Å². The SMILES string of the molecule is CCCC(C)N(C)c1cccc(F)c1C(C)N. The normalized spacial score (nSPS) is 14.5. The maximum Gasteiger partial charge on any atom is 0.130 e. The molecule has 0 heterocycles. The van der Waals surface area contributed by atoms with Crippen LogP contribution in [0.1, 0.15) is 45.2 Å². The van der Waals surface area contributed by atoms with Crippen LogP contribution in [0.4, 0.5) is 10.1 Å². The molecule has 0 bridgehead atoms. The zero-order chi connectivity index (χ0) is 13.0. The third-order valence-electron chi connectivity index (χ3n) is 3.23. The van der Waals surface area contributed by atoms with Crippen LogP contribution in [-0.2, 0) is 0 Å². The van der Waals surface area contributed by atoms with Crippen LogP contribution in [0.3, 0.4) is 0 Å². The topological polar surface area (TPSA) is 29.3 Å². The van der Waals surface area contributed by atoms with Crippen LogP contribution >= 0.6 is 0 Å². The summed E-state index contributed by atoms with van der Waals surface area (Å²) in [6, 6.07) is 5.25. The molecule has 1 aromatic carbocycles. The number of hydrogen-bond acceptors (Lipinski definition) is 2. The number of rotatable bonds is 5. The molecular formula is C14H23FN2. The summed E-state index contributed by atoms with van der Waals surface area (Å²) in [5.74, 6) is -0.215. The summed E-state index contributed by atoms with van der Waals surface area (Å²) >= 11 is 0. The van der Waals surface area contributed by atoms with E-state index in [0.717, 1.165) is 18.5 Å². The Morgan fingerprint density at radius 1 is 1.35 bits per heavy atom. The number of hydrogen-bond donors (Lipinski definition) is 1. The van der Waals surface area contributed by atoms with E-state index in [4.69, 9.17) is 5.73 Å². The van der Waals surface area contributed by atoms with Gasteiger partial charge in [0.25, 0.3) is 0 Å². The Morgan fingerprint density at radius 2 is 2.00 bits per heavy atom. The van der Waals surface area contributed by atoms with Crippen molar-refractivity contribution >= 4 is 5.69 Å². The van der Waals surface area contributed by atoms with Gasteiger partial charge in [-0.2, -0.15) is 0 Å². The van der Waals surface area contributed by atoms with E-state index in [0.29, 0.717) is 11.6 Å². The highest BCUT2D eigenvalue weighted by Crippen LogP contribution is 2.28. The third kappa shape index (κ3) is 3.19. The van der Waals surface area contributed by atoms with E-state index in [1.165, 1.54) is 6.07 Å². The number of benzene rings is 1. The maximum atomic E-state index is 13.8. The van der Waals surface area contributed by atoms with Crippen molar-refractivity contribution in [2.75, 3.05) is 11.9 Å². The molecule has 1 rings (SSSR count). The first-order valence-corrected chi connectivity index (χ1v) is 6.25. The maximum absolute atomic E-state index is 13.8. The molecule has 1 aromatic rings. The molecule has 2 N–H and O–H groups in total. The minimum absolute atomic E-state index is 0.215. The fourth-order valence-electron chi connectivity index (χ4n) is 2.13. The van der Waals surface area contributed by atoms with Crippen LogP contribution in [0.25, 0.3) is 0 Å². The largest absolute Gasteiger partial charge is 0.372 e. The van der Waals surface area contributed by atoms with Gasteiger partial charge in [0.1, 0.15) is 5.82 Å². The van der Waals surface area contributed by atoms with Crippen molar-refractivity contribution in [3.05, 3.63) is 29.6 Å². The van der Waals surface area contributed by atoms with Gasteiger partial charge < -0.3 is 10.6 Å². The standard InChI is InChI=1S/C14H23FN2/c1-5-7-10(2)17(4)13-9-6-8-12(15)14(13)11(3)16/h6,8-11H,5,7,16H2,1-4H3. The van der Waals surface area contributed by atoms with E-state index in [9.17, 15) is 4.39 Å². The first-order valence-electron chi connectivity index (χ1n) is 6.25. The van der Waals surface area contributed by atoms with Gasteiger partial charge in [0, 0.05) is 30.4 Å². The highest BCUT2D eigenvalue weighted by molar-refractivity contribution is 5.55. The lowest BCUT2D eigenvalue weighted by molar-refractivity contribution is 0.580. The number of halogens is 1. The van der Waals surface area contributed by atoms with Crippen LogP contribution in [0.5, 0.6) is 0 Å².